The maximum absolute atomic E-state index is 12.3. The first-order valence-corrected chi connectivity index (χ1v) is 8.57. The molecule has 1 N–H and O–H groups in total. The number of carbonyl (C=O) groups excluding carboxylic acids is 1. The zero-order valence-corrected chi connectivity index (χ0v) is 14.1. The van der Waals surface area contributed by atoms with Crippen molar-refractivity contribution < 1.29 is 14.3 Å². The van der Waals surface area contributed by atoms with Gasteiger partial charge in [0.05, 0.1) is 13.2 Å². The van der Waals surface area contributed by atoms with Crippen molar-refractivity contribution >= 4 is 17.2 Å². The molecule has 0 spiro atoms. The molecule has 1 aliphatic heterocycles. The van der Waals surface area contributed by atoms with E-state index in [1.54, 1.807) is 11.5 Å². The van der Waals surface area contributed by atoms with E-state index in [0.717, 1.165) is 16.3 Å². The van der Waals surface area contributed by atoms with Gasteiger partial charge in [0.2, 0.25) is 0 Å². The Balaban J connectivity index is 1.63. The average Bonchev–Trinajstić information content (AvgIpc) is 3.11. The summed E-state index contributed by atoms with van der Waals surface area (Å²) in [5.41, 5.74) is 4.24. The monoisotopic (exact) mass is 345 g/mol. The van der Waals surface area contributed by atoms with E-state index in [-0.39, 0.29) is 5.91 Å². The van der Waals surface area contributed by atoms with Crippen LogP contribution in [0.15, 0.2) is 42.3 Å². The number of rotatable bonds is 6. The number of benzene rings is 1. The fourth-order valence-electron chi connectivity index (χ4n) is 2.24. The smallest absolute Gasteiger partial charge is 0.285 e. The summed E-state index contributed by atoms with van der Waals surface area (Å²) in [5, 5.41) is 4.43. The highest BCUT2D eigenvalue weighted by Crippen LogP contribution is 2.25. The first-order valence-electron chi connectivity index (χ1n) is 7.69. The summed E-state index contributed by atoms with van der Waals surface area (Å²) >= 11 is 1.44. The van der Waals surface area contributed by atoms with Crippen molar-refractivity contribution in [3.63, 3.8) is 0 Å². The highest BCUT2D eigenvalue weighted by molar-refractivity contribution is 7.13. The van der Waals surface area contributed by atoms with Crippen LogP contribution in [0.3, 0.4) is 0 Å². The Morgan fingerprint density at radius 1 is 1.38 bits per heavy atom. The summed E-state index contributed by atoms with van der Waals surface area (Å²) in [5.74, 6) is 0.589. The van der Waals surface area contributed by atoms with Crippen molar-refractivity contribution in [2.75, 3.05) is 32.9 Å². The largest absolute Gasteiger partial charge is 0.490 e. The predicted molar refractivity (Wildman–Crippen MR) is 93.1 cm³/mol. The Hall–Kier alpha value is -2.22. The van der Waals surface area contributed by atoms with Crippen LogP contribution in [0.5, 0.6) is 5.75 Å². The van der Waals surface area contributed by atoms with Gasteiger partial charge in [-0.2, -0.15) is 0 Å². The molecular formula is C17H19N3O3S. The highest BCUT2D eigenvalue weighted by atomic mass is 32.1. The van der Waals surface area contributed by atoms with Gasteiger partial charge in [0.25, 0.3) is 5.91 Å². The van der Waals surface area contributed by atoms with Crippen LogP contribution in [0.4, 0.5) is 0 Å². The molecule has 0 aliphatic carbocycles. The van der Waals surface area contributed by atoms with E-state index in [0.29, 0.717) is 38.6 Å². The molecule has 0 unspecified atom stereocenters. The summed E-state index contributed by atoms with van der Waals surface area (Å²) in [4.78, 5) is 16.7. The van der Waals surface area contributed by atoms with Gasteiger partial charge in [-0.05, 0) is 24.3 Å². The third-order valence-corrected chi connectivity index (χ3v) is 4.37. The number of carbonyl (C=O) groups is 1. The lowest BCUT2D eigenvalue weighted by atomic mass is 10.2. The van der Waals surface area contributed by atoms with Crippen LogP contribution in [0.1, 0.15) is 10.5 Å². The molecule has 1 amide bonds. The molecule has 7 heteroatoms. The number of hydrazine groups is 1. The lowest BCUT2D eigenvalue weighted by Gasteiger charge is -2.26. The Morgan fingerprint density at radius 3 is 2.83 bits per heavy atom. The molecule has 24 heavy (non-hydrogen) atoms. The normalized spacial score (nSPS) is 15.0. The molecule has 0 radical (unpaired) electrons. The lowest BCUT2D eigenvalue weighted by molar-refractivity contribution is 0.0125. The second kappa shape index (κ2) is 8.05. The number of hydrogen-bond acceptors (Lipinski definition) is 6. The maximum Gasteiger partial charge on any atom is 0.285 e. The number of nitrogens with zero attached hydrogens (tertiary/aromatic N) is 2. The van der Waals surface area contributed by atoms with E-state index < -0.39 is 0 Å². The van der Waals surface area contributed by atoms with Crippen LogP contribution in [0.2, 0.25) is 0 Å². The third-order valence-electron chi connectivity index (χ3n) is 3.48. The molecule has 2 aromatic rings. The van der Waals surface area contributed by atoms with Gasteiger partial charge in [0, 0.05) is 24.0 Å². The van der Waals surface area contributed by atoms with Crippen LogP contribution in [-0.2, 0) is 4.74 Å². The number of amides is 1. The first-order chi connectivity index (χ1) is 11.8. The van der Waals surface area contributed by atoms with E-state index in [2.05, 4.69) is 17.0 Å². The fourth-order valence-corrected chi connectivity index (χ4v) is 3.04. The first kappa shape index (κ1) is 16.6. The topological polar surface area (TPSA) is 63.7 Å². The van der Waals surface area contributed by atoms with Gasteiger partial charge in [0.15, 0.2) is 0 Å². The van der Waals surface area contributed by atoms with Crippen LogP contribution >= 0.6 is 11.3 Å². The van der Waals surface area contributed by atoms with Crippen LogP contribution in [0.25, 0.3) is 10.6 Å². The summed E-state index contributed by atoms with van der Waals surface area (Å²) in [6.45, 7) is 6.73. The van der Waals surface area contributed by atoms with Gasteiger partial charge in [-0.25, -0.2) is 9.99 Å². The summed E-state index contributed by atoms with van der Waals surface area (Å²) < 4.78 is 10.7. The molecule has 6 nitrogen and oxygen atoms in total. The van der Waals surface area contributed by atoms with Crippen LogP contribution in [0, 0.1) is 0 Å². The molecule has 1 fully saturated rings. The second-order valence-corrected chi connectivity index (χ2v) is 6.06. The van der Waals surface area contributed by atoms with Crippen molar-refractivity contribution in [1.82, 2.24) is 15.4 Å². The van der Waals surface area contributed by atoms with Gasteiger partial charge >= 0.3 is 0 Å². The minimum atomic E-state index is -0.190. The van der Waals surface area contributed by atoms with E-state index >= 15 is 0 Å². The summed E-state index contributed by atoms with van der Waals surface area (Å²) in [6, 6.07) is 7.63. The fraction of sp³-hybridized carbons (Fsp3) is 0.294. The molecule has 1 aliphatic rings. The quantitative estimate of drug-likeness (QED) is 0.814. The average molecular weight is 345 g/mol. The van der Waals surface area contributed by atoms with E-state index in [9.17, 15) is 4.79 Å². The molecule has 1 aromatic carbocycles. The molecule has 126 valence electrons. The van der Waals surface area contributed by atoms with E-state index in [1.165, 1.54) is 11.3 Å². The molecule has 0 bridgehead atoms. The zero-order chi connectivity index (χ0) is 16.8. The van der Waals surface area contributed by atoms with Crippen LogP contribution in [-0.4, -0.2) is 48.8 Å². The van der Waals surface area contributed by atoms with Crippen molar-refractivity contribution in [2.45, 2.75) is 0 Å². The van der Waals surface area contributed by atoms with Crippen molar-refractivity contribution in [3.05, 3.63) is 48.0 Å². The Morgan fingerprint density at radius 2 is 2.12 bits per heavy atom. The number of thiazole rings is 1. The molecular weight excluding hydrogens is 326 g/mol. The van der Waals surface area contributed by atoms with Crippen LogP contribution < -0.4 is 10.2 Å². The lowest BCUT2D eigenvalue weighted by Crippen LogP contribution is -2.48. The van der Waals surface area contributed by atoms with Gasteiger partial charge in [-0.3, -0.25) is 10.2 Å². The molecule has 1 saturated heterocycles. The Bertz CT molecular complexity index is 693. The standard InChI is InChI=1S/C17H19N3O3S/c1-2-9-23-14-5-3-13(4-6-14)17-18-15(12-24-17)16(21)19-20-7-10-22-11-8-20/h2-6,12H,1,7-11H2,(H,19,21). The van der Waals surface area contributed by atoms with Gasteiger partial charge in [-0.15, -0.1) is 11.3 Å². The predicted octanol–water partition coefficient (Wildman–Crippen LogP) is 2.35. The number of ether oxygens (including phenoxy) is 2. The van der Waals surface area contributed by atoms with Gasteiger partial charge in [0.1, 0.15) is 23.1 Å². The molecule has 3 rings (SSSR count). The van der Waals surface area contributed by atoms with E-state index in [4.69, 9.17) is 9.47 Å². The second-order valence-electron chi connectivity index (χ2n) is 5.20. The minimum absolute atomic E-state index is 0.190. The van der Waals surface area contributed by atoms with Crippen molar-refractivity contribution in [2.24, 2.45) is 0 Å². The summed E-state index contributed by atoms with van der Waals surface area (Å²) in [6.07, 6.45) is 1.70. The number of morpholine rings is 1. The zero-order valence-electron chi connectivity index (χ0n) is 13.2. The number of hydrogen-bond donors (Lipinski definition) is 1. The maximum atomic E-state index is 12.3. The Kier molecular flexibility index (Phi) is 5.58. The van der Waals surface area contributed by atoms with E-state index in [1.807, 2.05) is 29.3 Å². The molecule has 0 atom stereocenters. The highest BCUT2D eigenvalue weighted by Gasteiger charge is 2.17. The SMILES string of the molecule is C=CCOc1ccc(-c2nc(C(=O)NN3CCOCC3)cs2)cc1. The van der Waals surface area contributed by atoms with Crippen molar-refractivity contribution in [1.29, 1.82) is 0 Å². The number of aromatic nitrogens is 1. The van der Waals surface area contributed by atoms with Gasteiger partial charge < -0.3 is 9.47 Å². The molecule has 1 aromatic heterocycles. The molecule has 2 heterocycles. The minimum Gasteiger partial charge on any atom is -0.490 e. The Labute approximate surface area is 144 Å². The molecule has 0 saturated carbocycles. The summed E-state index contributed by atoms with van der Waals surface area (Å²) in [7, 11) is 0. The third kappa shape index (κ3) is 4.19. The van der Waals surface area contributed by atoms with Gasteiger partial charge in [-0.1, -0.05) is 12.7 Å². The van der Waals surface area contributed by atoms with Crippen molar-refractivity contribution in [3.8, 4) is 16.3 Å². The number of nitrogens with one attached hydrogen (secondary N) is 1.